The first-order chi connectivity index (χ1) is 18.3. The van der Waals surface area contributed by atoms with Gasteiger partial charge in [-0.15, -0.1) is 0 Å². The second kappa shape index (κ2) is 10.1. The lowest BCUT2D eigenvalue weighted by Gasteiger charge is -2.34. The molecule has 2 aromatic carbocycles. The highest BCUT2D eigenvalue weighted by Gasteiger charge is 2.48. The molecule has 0 unspecified atom stereocenters. The summed E-state index contributed by atoms with van der Waals surface area (Å²) in [5, 5.41) is 18.1. The summed E-state index contributed by atoms with van der Waals surface area (Å²) in [6.07, 6.45) is 0. The number of imide groups is 1. The zero-order valence-electron chi connectivity index (χ0n) is 21.2. The molecule has 0 spiro atoms. The van der Waals surface area contributed by atoms with Crippen LogP contribution in [0.5, 0.6) is 5.75 Å². The lowest BCUT2D eigenvalue weighted by molar-refractivity contribution is -0.122. The van der Waals surface area contributed by atoms with E-state index >= 15 is 0 Å². The minimum absolute atomic E-state index is 0.127. The molecule has 3 N–H and O–H groups in total. The molecular weight excluding hydrogens is 488 g/mol. The summed E-state index contributed by atoms with van der Waals surface area (Å²) in [7, 11) is 3.57. The van der Waals surface area contributed by atoms with E-state index in [0.29, 0.717) is 28.3 Å². The number of likely N-dealkylation sites (N-methyl/N-ethyl adjacent to an activating group) is 1. The molecule has 2 fully saturated rings. The molecule has 0 bridgehead atoms. The maximum atomic E-state index is 13.1. The van der Waals surface area contributed by atoms with Crippen LogP contribution in [0.15, 0.2) is 47.6 Å². The predicted octanol–water partition coefficient (Wildman–Crippen LogP) is 0.664. The van der Waals surface area contributed by atoms with Gasteiger partial charge in [0.2, 0.25) is 5.54 Å². The van der Waals surface area contributed by atoms with E-state index in [1.807, 2.05) is 24.1 Å². The number of nitrogens with one attached hydrogen (secondary N) is 2. The second-order valence-corrected chi connectivity index (χ2v) is 9.54. The minimum Gasteiger partial charge on any atom is -0.497 e. The smallest absolute Gasteiger partial charge is 0.323 e. The number of amidine groups is 1. The third kappa shape index (κ3) is 4.73. The fraction of sp³-hybridized carbons (Fsp3) is 0.333. The predicted molar refractivity (Wildman–Crippen MR) is 138 cm³/mol. The number of amides is 4. The Balaban J connectivity index is 1.41. The van der Waals surface area contributed by atoms with E-state index in [2.05, 4.69) is 32.5 Å². The molecule has 1 atom stereocenters. The first-order valence-corrected chi connectivity index (χ1v) is 12.2. The molecule has 0 radical (unpaired) electrons. The first-order valence-electron chi connectivity index (χ1n) is 12.2. The largest absolute Gasteiger partial charge is 0.497 e. The maximum Gasteiger partial charge on any atom is 0.323 e. The fourth-order valence-electron chi connectivity index (χ4n) is 4.85. The zero-order valence-corrected chi connectivity index (χ0v) is 21.2. The van der Waals surface area contributed by atoms with E-state index in [1.165, 1.54) is 12.0 Å². The number of piperazine rings is 1. The number of hydrogen-bond acceptors (Lipinski definition) is 7. The van der Waals surface area contributed by atoms with Crippen molar-refractivity contribution >= 4 is 23.7 Å². The Labute approximate surface area is 220 Å². The van der Waals surface area contributed by atoms with Crippen molar-refractivity contribution < 1.29 is 24.3 Å². The van der Waals surface area contributed by atoms with Crippen molar-refractivity contribution in [3.63, 3.8) is 0 Å². The van der Waals surface area contributed by atoms with Crippen molar-refractivity contribution in [1.82, 2.24) is 25.3 Å². The van der Waals surface area contributed by atoms with Gasteiger partial charge in [0.15, 0.2) is 5.84 Å². The lowest BCUT2D eigenvalue weighted by Crippen LogP contribution is -2.54. The van der Waals surface area contributed by atoms with Gasteiger partial charge in [-0.05, 0) is 36.9 Å². The number of methoxy groups -OCH3 is 1. The summed E-state index contributed by atoms with van der Waals surface area (Å²) < 4.78 is 5.23. The Hall–Kier alpha value is -4.56. The van der Waals surface area contributed by atoms with Gasteiger partial charge in [-0.25, -0.2) is 4.79 Å². The summed E-state index contributed by atoms with van der Waals surface area (Å²) in [6.45, 7) is 3.29. The van der Waals surface area contributed by atoms with Crippen molar-refractivity contribution in [1.29, 1.82) is 0 Å². The molecule has 3 aliphatic rings. The highest BCUT2D eigenvalue weighted by Crippen LogP contribution is 2.28. The van der Waals surface area contributed by atoms with Crippen molar-refractivity contribution in [2.75, 3.05) is 46.9 Å². The Morgan fingerprint density at radius 3 is 2.61 bits per heavy atom. The van der Waals surface area contributed by atoms with Gasteiger partial charge in [-0.1, -0.05) is 35.2 Å². The SMILES string of the molecule is COc1ccc2c(c1)C(=O)N(C[C@@]1(C#Cc3cccc(/C(=N/O)N4CCN(C)CC4)c3)NC(=O)NC1=O)C2. The van der Waals surface area contributed by atoms with Gasteiger partial charge < -0.3 is 30.0 Å². The number of nitrogens with zero attached hydrogens (tertiary/aromatic N) is 4. The maximum absolute atomic E-state index is 13.1. The number of benzene rings is 2. The Kier molecular flexibility index (Phi) is 6.65. The van der Waals surface area contributed by atoms with Crippen LogP contribution in [-0.4, -0.2) is 96.0 Å². The average molecular weight is 517 g/mol. The normalized spacial score (nSPS) is 21.5. The molecule has 0 aliphatic carbocycles. The number of oxime groups is 1. The number of carbonyl (C=O) groups is 3. The van der Waals surface area contributed by atoms with Gasteiger partial charge in [0.25, 0.3) is 11.8 Å². The van der Waals surface area contributed by atoms with Crippen LogP contribution in [0.3, 0.4) is 0 Å². The summed E-state index contributed by atoms with van der Waals surface area (Å²) >= 11 is 0. The molecule has 38 heavy (non-hydrogen) atoms. The van der Waals surface area contributed by atoms with Crippen molar-refractivity contribution in [2.24, 2.45) is 5.16 Å². The van der Waals surface area contributed by atoms with Crippen LogP contribution in [0, 0.1) is 11.8 Å². The Bertz CT molecular complexity index is 1390. The molecule has 0 aromatic heterocycles. The summed E-state index contributed by atoms with van der Waals surface area (Å²) in [4.78, 5) is 43.9. The van der Waals surface area contributed by atoms with Crippen LogP contribution in [0.1, 0.15) is 27.0 Å². The van der Waals surface area contributed by atoms with Crippen LogP contribution < -0.4 is 15.4 Å². The highest BCUT2D eigenvalue weighted by molar-refractivity contribution is 6.10. The summed E-state index contributed by atoms with van der Waals surface area (Å²) in [5.74, 6) is 6.02. The zero-order chi connectivity index (χ0) is 26.9. The molecular formula is C27H28N6O5. The average Bonchev–Trinajstić information content (AvgIpc) is 3.38. The van der Waals surface area contributed by atoms with E-state index in [4.69, 9.17) is 4.74 Å². The van der Waals surface area contributed by atoms with Gasteiger partial charge in [0.05, 0.1) is 13.7 Å². The van der Waals surface area contributed by atoms with Gasteiger partial charge in [-0.3, -0.25) is 14.9 Å². The van der Waals surface area contributed by atoms with Gasteiger partial charge in [-0.2, -0.15) is 0 Å². The number of fused-ring (bicyclic) bond motifs is 1. The van der Waals surface area contributed by atoms with Crippen LogP contribution in [-0.2, 0) is 11.3 Å². The number of rotatable bonds is 4. The molecule has 4 amide bonds. The minimum atomic E-state index is -1.62. The number of hydrogen-bond donors (Lipinski definition) is 3. The highest BCUT2D eigenvalue weighted by atomic mass is 16.5. The molecule has 5 rings (SSSR count). The van der Waals surface area contributed by atoms with Crippen LogP contribution >= 0.6 is 0 Å². The number of carbonyl (C=O) groups excluding carboxylic acids is 3. The van der Waals surface area contributed by atoms with Crippen molar-refractivity contribution in [3.8, 4) is 17.6 Å². The monoisotopic (exact) mass is 516 g/mol. The van der Waals surface area contributed by atoms with E-state index < -0.39 is 17.5 Å². The van der Waals surface area contributed by atoms with Crippen molar-refractivity contribution in [2.45, 2.75) is 12.1 Å². The molecule has 0 saturated carbocycles. The summed E-state index contributed by atoms with van der Waals surface area (Å²) in [6, 6.07) is 11.7. The van der Waals surface area contributed by atoms with E-state index in [9.17, 15) is 19.6 Å². The van der Waals surface area contributed by atoms with E-state index in [-0.39, 0.29) is 19.0 Å². The van der Waals surface area contributed by atoms with Gasteiger partial charge in [0, 0.05) is 49.4 Å². The quantitative estimate of drug-likeness (QED) is 0.136. The Morgan fingerprint density at radius 1 is 1.13 bits per heavy atom. The molecule has 2 aromatic rings. The third-order valence-electron chi connectivity index (χ3n) is 7.00. The second-order valence-electron chi connectivity index (χ2n) is 9.54. The van der Waals surface area contributed by atoms with Crippen molar-refractivity contribution in [3.05, 3.63) is 64.7 Å². The molecule has 2 saturated heterocycles. The van der Waals surface area contributed by atoms with Crippen LogP contribution in [0.4, 0.5) is 4.79 Å². The lowest BCUT2D eigenvalue weighted by atomic mass is 9.98. The van der Waals surface area contributed by atoms with Gasteiger partial charge in [0.1, 0.15) is 5.75 Å². The topological polar surface area (TPSA) is 127 Å². The van der Waals surface area contributed by atoms with Gasteiger partial charge >= 0.3 is 6.03 Å². The molecule has 11 heteroatoms. The number of ether oxygens (including phenoxy) is 1. The first kappa shape index (κ1) is 25.1. The van der Waals surface area contributed by atoms with E-state index in [0.717, 1.165) is 31.7 Å². The Morgan fingerprint density at radius 2 is 1.92 bits per heavy atom. The molecule has 3 heterocycles. The molecule has 3 aliphatic heterocycles. The molecule has 196 valence electrons. The third-order valence-corrected chi connectivity index (χ3v) is 7.00. The number of urea groups is 1. The fourth-order valence-corrected chi connectivity index (χ4v) is 4.85. The standard InChI is InChI=1S/C27H28N6O5/c1-31-10-12-32(13-11-31)23(30-37)19-5-3-4-18(14-19)8-9-27(25(35)28-26(36)29-27)17-33-16-20-6-7-21(38-2)15-22(20)24(33)34/h3-7,14-15,37H,10-13,16-17H2,1-2H3,(H2,28,29,35,36)/b30-23-/t27-/m1/s1. The van der Waals surface area contributed by atoms with E-state index in [1.54, 1.807) is 30.3 Å². The molecule has 11 nitrogen and oxygen atoms in total. The van der Waals surface area contributed by atoms with Crippen LogP contribution in [0.25, 0.3) is 0 Å². The summed E-state index contributed by atoms with van der Waals surface area (Å²) in [5.41, 5.74) is 0.907. The van der Waals surface area contributed by atoms with Crippen LogP contribution in [0.2, 0.25) is 0 Å².